The number of hydrogen-bond acceptors (Lipinski definition) is 6. The molecule has 3 rings (SSSR count). The van der Waals surface area contributed by atoms with Crippen molar-refractivity contribution in [2.24, 2.45) is 0 Å². The van der Waals surface area contributed by atoms with Gasteiger partial charge in [0.05, 0.1) is 39.3 Å². The molecule has 160 valence electrons. The number of nitrogens with zero attached hydrogens (tertiary/aromatic N) is 2. The molecule has 2 heterocycles. The molecule has 0 spiro atoms. The minimum absolute atomic E-state index is 0.0532. The van der Waals surface area contributed by atoms with Crippen molar-refractivity contribution in [2.75, 3.05) is 11.5 Å². The molecule has 0 N–H and O–H groups in total. The van der Waals surface area contributed by atoms with Gasteiger partial charge in [0.1, 0.15) is 10.5 Å². The molecule has 0 radical (unpaired) electrons. The number of thiazole rings is 1. The van der Waals surface area contributed by atoms with Crippen molar-refractivity contribution in [3.63, 3.8) is 0 Å². The fraction of sp³-hybridized carbons (Fsp3) is 0.381. The van der Waals surface area contributed by atoms with Crippen LogP contribution in [0.3, 0.4) is 0 Å². The number of amides is 1. The molecule has 9 heteroatoms. The number of aryl methyl sites for hydroxylation is 1. The van der Waals surface area contributed by atoms with E-state index in [9.17, 15) is 9.59 Å². The van der Waals surface area contributed by atoms with E-state index in [0.29, 0.717) is 28.7 Å². The maximum Gasteiger partial charge on any atom is 0.306 e. The molecule has 0 atom stereocenters. The Kier molecular flexibility index (Phi) is 8.11. The number of halogens is 2. The van der Waals surface area contributed by atoms with Crippen molar-refractivity contribution < 1.29 is 14.3 Å². The Morgan fingerprint density at radius 3 is 2.73 bits per heavy atom. The highest BCUT2D eigenvalue weighted by atomic mass is 35.5. The number of rotatable bonds is 9. The van der Waals surface area contributed by atoms with E-state index < -0.39 is 0 Å². The van der Waals surface area contributed by atoms with E-state index in [0.717, 1.165) is 27.6 Å². The highest BCUT2D eigenvalue weighted by Crippen LogP contribution is 2.35. The minimum atomic E-state index is -0.370. The van der Waals surface area contributed by atoms with E-state index in [1.807, 2.05) is 12.1 Å². The zero-order valence-electron chi connectivity index (χ0n) is 16.7. The second kappa shape index (κ2) is 10.6. The number of benzene rings is 1. The van der Waals surface area contributed by atoms with Crippen LogP contribution in [-0.2, 0) is 27.3 Å². The molecule has 1 amide bonds. The van der Waals surface area contributed by atoms with Gasteiger partial charge in [-0.3, -0.25) is 14.5 Å². The topological polar surface area (TPSA) is 59.5 Å². The van der Waals surface area contributed by atoms with Crippen LogP contribution < -0.4 is 4.90 Å². The van der Waals surface area contributed by atoms with Crippen LogP contribution >= 0.6 is 45.9 Å². The van der Waals surface area contributed by atoms with Gasteiger partial charge in [0.25, 0.3) is 0 Å². The first-order valence-electron chi connectivity index (χ1n) is 9.69. The average Bonchev–Trinajstić information content (AvgIpc) is 3.35. The van der Waals surface area contributed by atoms with Crippen LogP contribution in [0.4, 0.5) is 5.00 Å². The minimum Gasteiger partial charge on any atom is -0.466 e. The van der Waals surface area contributed by atoms with Gasteiger partial charge < -0.3 is 4.74 Å². The number of thiophene rings is 1. The maximum atomic E-state index is 13.0. The van der Waals surface area contributed by atoms with E-state index in [-0.39, 0.29) is 24.7 Å². The molecule has 5 nitrogen and oxygen atoms in total. The van der Waals surface area contributed by atoms with Crippen LogP contribution in [0.1, 0.15) is 43.7 Å². The molecule has 0 bridgehead atoms. The first-order chi connectivity index (χ1) is 14.4. The van der Waals surface area contributed by atoms with Crippen LogP contribution in [0.15, 0.2) is 23.6 Å². The molecule has 0 saturated heterocycles. The van der Waals surface area contributed by atoms with Gasteiger partial charge >= 0.3 is 5.97 Å². The average molecular weight is 485 g/mol. The van der Waals surface area contributed by atoms with Gasteiger partial charge in [0.15, 0.2) is 0 Å². The number of aromatic nitrogens is 1. The molecule has 3 aromatic rings. The highest BCUT2D eigenvalue weighted by Gasteiger charge is 2.22. The number of fused-ring (bicyclic) bond motifs is 1. The molecule has 0 saturated carbocycles. The predicted octanol–water partition coefficient (Wildman–Crippen LogP) is 6.49. The summed E-state index contributed by atoms with van der Waals surface area (Å²) in [5, 5.41) is 4.53. The van der Waals surface area contributed by atoms with Gasteiger partial charge in [0, 0.05) is 6.42 Å². The van der Waals surface area contributed by atoms with Gasteiger partial charge in [-0.1, -0.05) is 36.5 Å². The first-order valence-corrected chi connectivity index (χ1v) is 12.1. The van der Waals surface area contributed by atoms with E-state index in [1.54, 1.807) is 17.9 Å². The molecule has 0 aliphatic heterocycles. The summed E-state index contributed by atoms with van der Waals surface area (Å²) in [5.74, 6) is -0.513. The summed E-state index contributed by atoms with van der Waals surface area (Å²) in [4.78, 5) is 31.0. The SMILES string of the molecule is CCCc1csc(N(Cc2nc3c(Cl)c(Cl)ccc3s2)C(=O)CCC(=O)OCC)c1. The Hall–Kier alpha value is -1.67. The number of anilines is 1. The quantitative estimate of drug-likeness (QED) is 0.325. The third-order valence-corrected chi connectivity index (χ3v) is 7.18. The van der Waals surface area contributed by atoms with Crippen LogP contribution in [0.25, 0.3) is 10.2 Å². The summed E-state index contributed by atoms with van der Waals surface area (Å²) in [6.07, 6.45) is 2.12. The van der Waals surface area contributed by atoms with Crippen molar-refractivity contribution >= 4 is 73.0 Å². The smallest absolute Gasteiger partial charge is 0.306 e. The second-order valence-electron chi connectivity index (χ2n) is 6.64. The first kappa shape index (κ1) is 23.0. The zero-order valence-corrected chi connectivity index (χ0v) is 19.9. The second-order valence-corrected chi connectivity index (χ2v) is 9.43. The molecule has 0 aliphatic rings. The standard InChI is InChI=1S/C21H22Cl2N2O3S2/c1-3-5-13-10-18(29-12-13)25(17(26)8-9-19(27)28-4-2)11-16-24-21-15(30-16)7-6-14(22)20(21)23/h6-7,10,12H,3-5,8-9,11H2,1-2H3. The zero-order chi connectivity index (χ0) is 21.7. The van der Waals surface area contributed by atoms with Gasteiger partial charge in [-0.05, 0) is 42.5 Å². The van der Waals surface area contributed by atoms with Crippen molar-refractivity contribution in [2.45, 2.75) is 46.1 Å². The molecule has 0 fully saturated rings. The highest BCUT2D eigenvalue weighted by molar-refractivity contribution is 7.18. The number of carbonyl (C=O) groups excluding carboxylic acids is 2. The van der Waals surface area contributed by atoms with Crippen LogP contribution in [-0.4, -0.2) is 23.5 Å². The monoisotopic (exact) mass is 484 g/mol. The summed E-state index contributed by atoms with van der Waals surface area (Å²) in [6.45, 7) is 4.48. The van der Waals surface area contributed by atoms with Crippen molar-refractivity contribution in [3.8, 4) is 0 Å². The maximum absolute atomic E-state index is 13.0. The lowest BCUT2D eigenvalue weighted by Crippen LogP contribution is -2.30. The molecular weight excluding hydrogens is 463 g/mol. The number of ether oxygens (including phenoxy) is 1. The van der Waals surface area contributed by atoms with E-state index in [4.69, 9.17) is 27.9 Å². The van der Waals surface area contributed by atoms with Gasteiger partial charge in [0.2, 0.25) is 5.91 Å². The van der Waals surface area contributed by atoms with Crippen molar-refractivity contribution in [1.82, 2.24) is 4.98 Å². The Labute approximate surface area is 193 Å². The van der Waals surface area contributed by atoms with Gasteiger partial charge in [-0.2, -0.15) is 0 Å². The Morgan fingerprint density at radius 1 is 1.20 bits per heavy atom. The Morgan fingerprint density at radius 2 is 2.00 bits per heavy atom. The number of esters is 1. The molecule has 0 unspecified atom stereocenters. The van der Waals surface area contributed by atoms with Crippen LogP contribution in [0.5, 0.6) is 0 Å². The summed E-state index contributed by atoms with van der Waals surface area (Å²) < 4.78 is 5.86. The molecular formula is C21H22Cl2N2O3S2. The normalized spacial score (nSPS) is 11.1. The van der Waals surface area contributed by atoms with Crippen molar-refractivity contribution in [1.29, 1.82) is 0 Å². The third-order valence-electron chi connectivity index (χ3n) is 4.38. The van der Waals surface area contributed by atoms with E-state index >= 15 is 0 Å². The van der Waals surface area contributed by atoms with Gasteiger partial charge in [-0.15, -0.1) is 22.7 Å². The number of hydrogen-bond donors (Lipinski definition) is 0. The molecule has 30 heavy (non-hydrogen) atoms. The Bertz CT molecular complexity index is 1050. The lowest BCUT2D eigenvalue weighted by Gasteiger charge is -2.19. The van der Waals surface area contributed by atoms with E-state index in [1.165, 1.54) is 28.2 Å². The lowest BCUT2D eigenvalue weighted by atomic mass is 10.2. The van der Waals surface area contributed by atoms with E-state index in [2.05, 4.69) is 17.3 Å². The molecule has 0 aliphatic carbocycles. The summed E-state index contributed by atoms with van der Waals surface area (Å²) in [5.41, 5.74) is 1.83. The number of carbonyl (C=O) groups is 2. The summed E-state index contributed by atoms with van der Waals surface area (Å²) in [6, 6.07) is 5.66. The third kappa shape index (κ3) is 5.52. The summed E-state index contributed by atoms with van der Waals surface area (Å²) in [7, 11) is 0. The fourth-order valence-corrected chi connectivity index (χ4v) is 5.33. The van der Waals surface area contributed by atoms with Crippen LogP contribution in [0.2, 0.25) is 10.0 Å². The predicted molar refractivity (Wildman–Crippen MR) is 125 cm³/mol. The van der Waals surface area contributed by atoms with Gasteiger partial charge in [-0.25, -0.2) is 4.98 Å². The molecule has 2 aromatic heterocycles. The van der Waals surface area contributed by atoms with Crippen molar-refractivity contribution in [3.05, 3.63) is 44.2 Å². The van der Waals surface area contributed by atoms with Crippen LogP contribution in [0, 0.1) is 0 Å². The summed E-state index contributed by atoms with van der Waals surface area (Å²) >= 11 is 15.4. The fourth-order valence-electron chi connectivity index (χ4n) is 2.98. The Balaban J connectivity index is 1.85. The lowest BCUT2D eigenvalue weighted by molar-refractivity contribution is -0.144. The molecule has 1 aromatic carbocycles. The largest absolute Gasteiger partial charge is 0.466 e.